The quantitative estimate of drug-likeness (QED) is 0.603. The molecule has 1 aliphatic rings. The van der Waals surface area contributed by atoms with Crippen LogP contribution in [0.3, 0.4) is 0 Å². The van der Waals surface area contributed by atoms with Crippen molar-refractivity contribution in [3.05, 3.63) is 33.9 Å². The molecular formula is C12H12N4O4. The number of nitrogens with zero attached hydrogens (tertiary/aromatic N) is 3. The van der Waals surface area contributed by atoms with Gasteiger partial charge in [0, 0.05) is 31.4 Å². The van der Waals surface area contributed by atoms with E-state index in [9.17, 15) is 20.0 Å². The van der Waals surface area contributed by atoms with E-state index in [0.29, 0.717) is 18.8 Å². The molecule has 2 rings (SSSR count). The largest absolute Gasteiger partial charge is 0.480 e. The lowest BCUT2D eigenvalue weighted by Gasteiger charge is -2.35. The number of nitrogens with one attached hydrogen (secondary N) is 1. The van der Waals surface area contributed by atoms with Crippen LogP contribution < -0.4 is 10.2 Å². The Labute approximate surface area is 114 Å². The number of rotatable bonds is 3. The minimum Gasteiger partial charge on any atom is -0.480 e. The fraction of sp³-hybridized carbons (Fsp3) is 0.333. The van der Waals surface area contributed by atoms with Gasteiger partial charge in [-0.05, 0) is 12.1 Å². The summed E-state index contributed by atoms with van der Waals surface area (Å²) in [5, 5.41) is 31.9. The number of nitro benzene ring substituents is 1. The highest BCUT2D eigenvalue weighted by molar-refractivity contribution is 5.79. The molecule has 0 aliphatic carbocycles. The van der Waals surface area contributed by atoms with Crippen LogP contribution in [-0.2, 0) is 4.79 Å². The average Bonchev–Trinajstić information content (AvgIpc) is 2.46. The van der Waals surface area contributed by atoms with E-state index in [0.717, 1.165) is 0 Å². The monoisotopic (exact) mass is 276 g/mol. The van der Waals surface area contributed by atoms with Crippen LogP contribution >= 0.6 is 0 Å². The number of carboxylic acid groups (broad SMARTS) is 1. The second-order valence-corrected chi connectivity index (χ2v) is 4.32. The maximum Gasteiger partial charge on any atom is 0.327 e. The Hall–Kier alpha value is -2.66. The smallest absolute Gasteiger partial charge is 0.327 e. The number of anilines is 1. The molecule has 1 aromatic carbocycles. The fourth-order valence-electron chi connectivity index (χ4n) is 2.18. The summed E-state index contributed by atoms with van der Waals surface area (Å²) in [5.41, 5.74) is 0.0815. The van der Waals surface area contributed by atoms with Crippen molar-refractivity contribution < 1.29 is 14.8 Å². The second-order valence-electron chi connectivity index (χ2n) is 4.32. The SMILES string of the molecule is N#Cc1ccc(N2CCNCC2C(=O)O)cc1[N+](=O)[O-]. The molecule has 0 saturated carbocycles. The molecule has 8 nitrogen and oxygen atoms in total. The molecule has 1 saturated heterocycles. The molecule has 1 aromatic rings. The molecule has 0 spiro atoms. The number of hydrogen-bond acceptors (Lipinski definition) is 6. The van der Waals surface area contributed by atoms with Crippen LogP contribution in [-0.4, -0.2) is 41.7 Å². The summed E-state index contributed by atoms with van der Waals surface area (Å²) < 4.78 is 0. The van der Waals surface area contributed by atoms with Crippen LogP contribution in [0.15, 0.2) is 18.2 Å². The maximum atomic E-state index is 11.2. The number of carbonyl (C=O) groups is 1. The van der Waals surface area contributed by atoms with Gasteiger partial charge < -0.3 is 15.3 Å². The number of hydrogen-bond donors (Lipinski definition) is 2. The van der Waals surface area contributed by atoms with Crippen LogP contribution in [0.4, 0.5) is 11.4 Å². The van der Waals surface area contributed by atoms with Gasteiger partial charge in [-0.15, -0.1) is 0 Å². The van der Waals surface area contributed by atoms with E-state index in [4.69, 9.17) is 5.26 Å². The van der Waals surface area contributed by atoms with Crippen molar-refractivity contribution >= 4 is 17.3 Å². The number of benzene rings is 1. The number of piperazine rings is 1. The summed E-state index contributed by atoms with van der Waals surface area (Å²) in [5.74, 6) is -0.996. The summed E-state index contributed by atoms with van der Waals surface area (Å²) in [7, 11) is 0. The first-order chi connectivity index (χ1) is 9.54. The third-order valence-corrected chi connectivity index (χ3v) is 3.16. The summed E-state index contributed by atoms with van der Waals surface area (Å²) in [6.07, 6.45) is 0. The Morgan fingerprint density at radius 3 is 2.95 bits per heavy atom. The highest BCUT2D eigenvalue weighted by atomic mass is 16.6. The number of carboxylic acids is 1. The van der Waals surface area contributed by atoms with Gasteiger partial charge in [-0.25, -0.2) is 4.79 Å². The van der Waals surface area contributed by atoms with E-state index >= 15 is 0 Å². The lowest BCUT2D eigenvalue weighted by atomic mass is 10.1. The second kappa shape index (κ2) is 5.54. The number of aliphatic carboxylic acids is 1. The number of nitro groups is 1. The molecule has 1 fully saturated rings. The van der Waals surface area contributed by atoms with Crippen molar-refractivity contribution in [3.8, 4) is 6.07 Å². The van der Waals surface area contributed by atoms with Gasteiger partial charge >= 0.3 is 5.97 Å². The highest BCUT2D eigenvalue weighted by Crippen LogP contribution is 2.27. The molecule has 1 heterocycles. The van der Waals surface area contributed by atoms with Gasteiger partial charge in [-0.2, -0.15) is 5.26 Å². The third-order valence-electron chi connectivity index (χ3n) is 3.16. The van der Waals surface area contributed by atoms with Crippen molar-refractivity contribution in [1.82, 2.24) is 5.32 Å². The lowest BCUT2D eigenvalue weighted by molar-refractivity contribution is -0.385. The molecule has 2 N–H and O–H groups in total. The van der Waals surface area contributed by atoms with E-state index in [1.54, 1.807) is 11.0 Å². The maximum absolute atomic E-state index is 11.2. The molecule has 0 bridgehead atoms. The molecule has 20 heavy (non-hydrogen) atoms. The van der Waals surface area contributed by atoms with Gasteiger partial charge in [-0.1, -0.05) is 0 Å². The van der Waals surface area contributed by atoms with E-state index in [1.807, 2.05) is 0 Å². The Kier molecular flexibility index (Phi) is 3.81. The Morgan fingerprint density at radius 1 is 1.60 bits per heavy atom. The molecule has 0 radical (unpaired) electrons. The Bertz CT molecular complexity index is 596. The van der Waals surface area contributed by atoms with Crippen LogP contribution in [0.2, 0.25) is 0 Å². The van der Waals surface area contributed by atoms with E-state index in [1.165, 1.54) is 18.2 Å². The zero-order chi connectivity index (χ0) is 14.7. The molecule has 1 aliphatic heterocycles. The van der Waals surface area contributed by atoms with E-state index < -0.39 is 16.9 Å². The molecule has 1 atom stereocenters. The van der Waals surface area contributed by atoms with Crippen molar-refractivity contribution in [2.75, 3.05) is 24.5 Å². The average molecular weight is 276 g/mol. The van der Waals surface area contributed by atoms with Crippen molar-refractivity contribution in [2.45, 2.75) is 6.04 Å². The van der Waals surface area contributed by atoms with Gasteiger partial charge in [0.2, 0.25) is 0 Å². The molecular weight excluding hydrogens is 264 g/mol. The first kappa shape index (κ1) is 13.8. The fourth-order valence-corrected chi connectivity index (χ4v) is 2.18. The predicted octanol–water partition coefficient (Wildman–Crippen LogP) is 0.329. The standard InChI is InChI=1S/C12H12N4O4/c13-6-8-1-2-9(5-10(8)16(19)20)15-4-3-14-7-11(15)12(17)18/h1-2,5,11,14H,3-4,7H2,(H,17,18). The molecule has 8 heteroatoms. The summed E-state index contributed by atoms with van der Waals surface area (Å²) in [6, 6.07) is 5.10. The van der Waals surface area contributed by atoms with Crippen molar-refractivity contribution in [1.29, 1.82) is 5.26 Å². The zero-order valence-corrected chi connectivity index (χ0v) is 10.4. The van der Waals surface area contributed by atoms with Crippen LogP contribution in [0, 0.1) is 21.4 Å². The topological polar surface area (TPSA) is 120 Å². The van der Waals surface area contributed by atoms with E-state index in [-0.39, 0.29) is 17.8 Å². The predicted molar refractivity (Wildman–Crippen MR) is 69.5 cm³/mol. The van der Waals surface area contributed by atoms with Gasteiger partial charge in [0.15, 0.2) is 0 Å². The Morgan fingerprint density at radius 2 is 2.35 bits per heavy atom. The highest BCUT2D eigenvalue weighted by Gasteiger charge is 2.29. The summed E-state index contributed by atoms with van der Waals surface area (Å²) in [4.78, 5) is 23.1. The van der Waals surface area contributed by atoms with E-state index in [2.05, 4.69) is 5.32 Å². The first-order valence-corrected chi connectivity index (χ1v) is 5.93. The van der Waals surface area contributed by atoms with Crippen molar-refractivity contribution in [3.63, 3.8) is 0 Å². The normalized spacial score (nSPS) is 18.4. The first-order valence-electron chi connectivity index (χ1n) is 5.93. The van der Waals surface area contributed by atoms with Gasteiger partial charge in [0.1, 0.15) is 17.7 Å². The Balaban J connectivity index is 2.41. The summed E-state index contributed by atoms with van der Waals surface area (Å²) >= 11 is 0. The minimum absolute atomic E-state index is 0.0410. The molecule has 0 aromatic heterocycles. The lowest BCUT2D eigenvalue weighted by Crippen LogP contribution is -2.55. The zero-order valence-electron chi connectivity index (χ0n) is 10.4. The van der Waals surface area contributed by atoms with Crippen LogP contribution in [0.5, 0.6) is 0 Å². The van der Waals surface area contributed by atoms with Crippen LogP contribution in [0.1, 0.15) is 5.56 Å². The number of nitriles is 1. The molecule has 1 unspecified atom stereocenters. The van der Waals surface area contributed by atoms with Crippen molar-refractivity contribution in [2.24, 2.45) is 0 Å². The molecule has 104 valence electrons. The van der Waals surface area contributed by atoms with Gasteiger partial charge in [-0.3, -0.25) is 10.1 Å². The summed E-state index contributed by atoms with van der Waals surface area (Å²) in [6.45, 7) is 1.29. The van der Waals surface area contributed by atoms with Crippen LogP contribution in [0.25, 0.3) is 0 Å². The van der Waals surface area contributed by atoms with Gasteiger partial charge in [0.25, 0.3) is 5.69 Å². The van der Waals surface area contributed by atoms with Gasteiger partial charge in [0.05, 0.1) is 4.92 Å². The third kappa shape index (κ3) is 2.53. The minimum atomic E-state index is -0.996. The molecule has 0 amide bonds.